The molecule has 1 fully saturated rings. The predicted molar refractivity (Wildman–Crippen MR) is 70.6 cm³/mol. The fraction of sp³-hybridized carbons (Fsp3) is 0.643. The van der Waals surface area contributed by atoms with Crippen LogP contribution >= 0.6 is 0 Å². The standard InChI is InChI=1S/C14H23N3/c1-11-9-16-7-6-13(11)10-17-14-5-3-2-4-12(14)8-15/h6-7,9,12,14,17H,2-5,8,10,15H2,1H3. The number of rotatable bonds is 4. The number of nitrogens with zero attached hydrogens (tertiary/aromatic N) is 1. The molecule has 2 unspecified atom stereocenters. The van der Waals surface area contributed by atoms with Crippen LogP contribution in [0.3, 0.4) is 0 Å². The highest BCUT2D eigenvalue weighted by Crippen LogP contribution is 2.23. The largest absolute Gasteiger partial charge is 0.330 e. The number of hydrogen-bond acceptors (Lipinski definition) is 3. The zero-order chi connectivity index (χ0) is 12.1. The molecule has 2 rings (SSSR count). The fourth-order valence-corrected chi connectivity index (χ4v) is 2.70. The Balaban J connectivity index is 1.90. The first-order valence-electron chi connectivity index (χ1n) is 6.64. The summed E-state index contributed by atoms with van der Waals surface area (Å²) in [5.41, 5.74) is 8.45. The van der Waals surface area contributed by atoms with Gasteiger partial charge in [-0.2, -0.15) is 0 Å². The maximum Gasteiger partial charge on any atom is 0.0300 e. The number of pyridine rings is 1. The van der Waals surface area contributed by atoms with Crippen molar-refractivity contribution in [3.8, 4) is 0 Å². The molecule has 0 spiro atoms. The molecule has 3 N–H and O–H groups in total. The SMILES string of the molecule is Cc1cnccc1CNC1CCCCC1CN. The van der Waals surface area contributed by atoms with E-state index in [1.54, 1.807) is 0 Å². The fourth-order valence-electron chi connectivity index (χ4n) is 2.70. The lowest BCUT2D eigenvalue weighted by Crippen LogP contribution is -2.41. The first kappa shape index (κ1) is 12.5. The molecular weight excluding hydrogens is 210 g/mol. The summed E-state index contributed by atoms with van der Waals surface area (Å²) in [7, 11) is 0. The zero-order valence-electron chi connectivity index (χ0n) is 10.7. The van der Waals surface area contributed by atoms with E-state index in [0.29, 0.717) is 12.0 Å². The highest BCUT2D eigenvalue weighted by atomic mass is 14.9. The van der Waals surface area contributed by atoms with E-state index in [4.69, 9.17) is 5.73 Å². The van der Waals surface area contributed by atoms with Crippen LogP contribution in [0.5, 0.6) is 0 Å². The Morgan fingerprint density at radius 1 is 1.41 bits per heavy atom. The van der Waals surface area contributed by atoms with Crippen molar-refractivity contribution in [3.63, 3.8) is 0 Å². The predicted octanol–water partition coefficient (Wildman–Crippen LogP) is 2.00. The maximum absolute atomic E-state index is 5.84. The third-order valence-corrected chi connectivity index (χ3v) is 3.90. The highest BCUT2D eigenvalue weighted by molar-refractivity contribution is 5.21. The van der Waals surface area contributed by atoms with Crippen LogP contribution in [0.4, 0.5) is 0 Å². The summed E-state index contributed by atoms with van der Waals surface area (Å²) in [6.45, 7) is 3.87. The molecule has 0 bridgehead atoms. The molecule has 1 aromatic rings. The summed E-state index contributed by atoms with van der Waals surface area (Å²) in [6.07, 6.45) is 9.02. The summed E-state index contributed by atoms with van der Waals surface area (Å²) in [5, 5.41) is 3.67. The Labute approximate surface area is 104 Å². The molecule has 0 saturated heterocycles. The van der Waals surface area contributed by atoms with Crippen LogP contribution in [-0.2, 0) is 6.54 Å². The van der Waals surface area contributed by atoms with Gasteiger partial charge in [-0.15, -0.1) is 0 Å². The van der Waals surface area contributed by atoms with Crippen LogP contribution in [0, 0.1) is 12.8 Å². The maximum atomic E-state index is 5.84. The van der Waals surface area contributed by atoms with E-state index in [1.165, 1.54) is 36.8 Å². The van der Waals surface area contributed by atoms with Gasteiger partial charge >= 0.3 is 0 Å². The van der Waals surface area contributed by atoms with E-state index in [1.807, 2.05) is 12.4 Å². The number of nitrogens with two attached hydrogens (primary N) is 1. The minimum absolute atomic E-state index is 0.598. The van der Waals surface area contributed by atoms with E-state index in [0.717, 1.165) is 13.1 Å². The van der Waals surface area contributed by atoms with Crippen LogP contribution in [0.15, 0.2) is 18.5 Å². The smallest absolute Gasteiger partial charge is 0.0300 e. The first-order valence-corrected chi connectivity index (χ1v) is 6.64. The number of nitrogens with one attached hydrogen (secondary N) is 1. The van der Waals surface area contributed by atoms with Crippen molar-refractivity contribution in [3.05, 3.63) is 29.6 Å². The summed E-state index contributed by atoms with van der Waals surface area (Å²) >= 11 is 0. The number of aromatic nitrogens is 1. The Morgan fingerprint density at radius 3 is 3.00 bits per heavy atom. The van der Waals surface area contributed by atoms with Gasteiger partial charge in [0.15, 0.2) is 0 Å². The zero-order valence-corrected chi connectivity index (χ0v) is 10.7. The third kappa shape index (κ3) is 3.27. The second-order valence-electron chi connectivity index (χ2n) is 5.07. The Kier molecular flexibility index (Phi) is 4.51. The van der Waals surface area contributed by atoms with Gasteiger partial charge in [0.2, 0.25) is 0 Å². The van der Waals surface area contributed by atoms with Crippen molar-refractivity contribution in [1.82, 2.24) is 10.3 Å². The van der Waals surface area contributed by atoms with Crippen molar-refractivity contribution >= 4 is 0 Å². The Morgan fingerprint density at radius 2 is 2.24 bits per heavy atom. The summed E-state index contributed by atoms with van der Waals surface area (Å²) < 4.78 is 0. The lowest BCUT2D eigenvalue weighted by atomic mass is 9.84. The number of aryl methyl sites for hydroxylation is 1. The average molecular weight is 233 g/mol. The lowest BCUT2D eigenvalue weighted by molar-refractivity contribution is 0.267. The quantitative estimate of drug-likeness (QED) is 0.836. The molecule has 1 aliphatic carbocycles. The van der Waals surface area contributed by atoms with Crippen molar-refractivity contribution in [2.45, 2.75) is 45.2 Å². The molecule has 0 aliphatic heterocycles. The molecule has 17 heavy (non-hydrogen) atoms. The van der Waals surface area contributed by atoms with Crippen LogP contribution in [-0.4, -0.2) is 17.6 Å². The third-order valence-electron chi connectivity index (χ3n) is 3.90. The topological polar surface area (TPSA) is 50.9 Å². The van der Waals surface area contributed by atoms with Crippen LogP contribution < -0.4 is 11.1 Å². The second kappa shape index (κ2) is 6.12. The molecule has 0 radical (unpaired) electrons. The van der Waals surface area contributed by atoms with Gasteiger partial charge in [0.1, 0.15) is 0 Å². The summed E-state index contributed by atoms with van der Waals surface area (Å²) in [6, 6.07) is 2.70. The minimum atomic E-state index is 0.598. The van der Waals surface area contributed by atoms with Crippen molar-refractivity contribution in [2.24, 2.45) is 11.7 Å². The second-order valence-corrected chi connectivity index (χ2v) is 5.07. The molecule has 94 valence electrons. The number of hydrogen-bond donors (Lipinski definition) is 2. The Bertz CT molecular complexity index is 351. The Hall–Kier alpha value is -0.930. The van der Waals surface area contributed by atoms with E-state index in [2.05, 4.69) is 23.3 Å². The van der Waals surface area contributed by atoms with Gasteiger partial charge in [-0.1, -0.05) is 12.8 Å². The van der Waals surface area contributed by atoms with Gasteiger partial charge in [0.05, 0.1) is 0 Å². The van der Waals surface area contributed by atoms with Crippen molar-refractivity contribution in [2.75, 3.05) is 6.54 Å². The molecule has 1 aliphatic rings. The monoisotopic (exact) mass is 233 g/mol. The van der Waals surface area contributed by atoms with Crippen LogP contribution in [0.25, 0.3) is 0 Å². The van der Waals surface area contributed by atoms with Gasteiger partial charge in [0, 0.05) is 25.0 Å². The summed E-state index contributed by atoms with van der Waals surface area (Å²) in [4.78, 5) is 4.12. The van der Waals surface area contributed by atoms with Crippen molar-refractivity contribution < 1.29 is 0 Å². The lowest BCUT2D eigenvalue weighted by Gasteiger charge is -2.31. The van der Waals surface area contributed by atoms with Gasteiger partial charge in [0.25, 0.3) is 0 Å². The van der Waals surface area contributed by atoms with E-state index in [9.17, 15) is 0 Å². The van der Waals surface area contributed by atoms with E-state index >= 15 is 0 Å². The average Bonchev–Trinajstić information content (AvgIpc) is 2.38. The van der Waals surface area contributed by atoms with Gasteiger partial charge in [-0.3, -0.25) is 4.98 Å². The first-order chi connectivity index (χ1) is 8.31. The molecule has 1 aromatic heterocycles. The molecule has 1 saturated carbocycles. The van der Waals surface area contributed by atoms with Gasteiger partial charge < -0.3 is 11.1 Å². The minimum Gasteiger partial charge on any atom is -0.330 e. The molecule has 0 aromatic carbocycles. The van der Waals surface area contributed by atoms with Crippen LogP contribution in [0.1, 0.15) is 36.8 Å². The van der Waals surface area contributed by atoms with E-state index in [-0.39, 0.29) is 0 Å². The normalized spacial score (nSPS) is 24.8. The van der Waals surface area contributed by atoms with Crippen molar-refractivity contribution in [1.29, 1.82) is 0 Å². The molecule has 0 amide bonds. The van der Waals surface area contributed by atoms with Gasteiger partial charge in [-0.05, 0) is 49.4 Å². The van der Waals surface area contributed by atoms with E-state index < -0.39 is 0 Å². The molecule has 1 heterocycles. The van der Waals surface area contributed by atoms with Crippen LogP contribution in [0.2, 0.25) is 0 Å². The summed E-state index contributed by atoms with van der Waals surface area (Å²) in [5.74, 6) is 0.658. The molecule has 3 heteroatoms. The highest BCUT2D eigenvalue weighted by Gasteiger charge is 2.23. The molecular formula is C14H23N3. The molecule has 3 nitrogen and oxygen atoms in total. The van der Waals surface area contributed by atoms with Gasteiger partial charge in [-0.25, -0.2) is 0 Å². The molecule has 2 atom stereocenters.